The van der Waals surface area contributed by atoms with Crippen molar-refractivity contribution in [1.29, 1.82) is 0 Å². The normalized spacial score (nSPS) is 19.9. The van der Waals surface area contributed by atoms with Gasteiger partial charge in [-0.25, -0.2) is 0 Å². The molecule has 2 rings (SSSR count). The first-order valence-electron chi connectivity index (χ1n) is 6.55. The number of nitrogens with one attached hydrogen (secondary N) is 2. The summed E-state index contributed by atoms with van der Waals surface area (Å²) < 4.78 is 0. The summed E-state index contributed by atoms with van der Waals surface area (Å²) in [6.07, 6.45) is 2.40. The standard InChI is InChI=1S/C15H24N2/c1-11-5-6-13-14(9-11)16-8-7-12(17-13)10-15(2,3)4/h5-6,9,12,16-17H,7-8,10H2,1-4H3. The van der Waals surface area contributed by atoms with Gasteiger partial charge in [-0.3, -0.25) is 0 Å². The number of rotatable bonds is 1. The molecule has 0 saturated heterocycles. The fourth-order valence-corrected chi connectivity index (χ4v) is 2.50. The molecule has 0 amide bonds. The van der Waals surface area contributed by atoms with Gasteiger partial charge in [0.15, 0.2) is 0 Å². The molecule has 0 spiro atoms. The molecule has 0 radical (unpaired) electrons. The SMILES string of the molecule is Cc1ccc2c(c1)NCCC(CC(C)(C)C)N2. The summed E-state index contributed by atoms with van der Waals surface area (Å²) >= 11 is 0. The Morgan fingerprint density at radius 1 is 1.24 bits per heavy atom. The van der Waals surface area contributed by atoms with E-state index in [1.54, 1.807) is 0 Å². The molecule has 2 N–H and O–H groups in total. The van der Waals surface area contributed by atoms with Crippen LogP contribution in [0.1, 0.15) is 39.2 Å². The van der Waals surface area contributed by atoms with Crippen molar-refractivity contribution in [2.24, 2.45) is 5.41 Å². The Balaban J connectivity index is 2.14. The maximum Gasteiger partial charge on any atom is 0.0578 e. The molecular weight excluding hydrogens is 208 g/mol. The molecule has 1 unspecified atom stereocenters. The van der Waals surface area contributed by atoms with Gasteiger partial charge in [-0.2, -0.15) is 0 Å². The monoisotopic (exact) mass is 232 g/mol. The van der Waals surface area contributed by atoms with E-state index in [0.29, 0.717) is 11.5 Å². The first-order chi connectivity index (χ1) is 7.94. The molecule has 17 heavy (non-hydrogen) atoms. The van der Waals surface area contributed by atoms with Crippen molar-refractivity contribution in [1.82, 2.24) is 0 Å². The van der Waals surface area contributed by atoms with Crippen molar-refractivity contribution in [2.75, 3.05) is 17.2 Å². The summed E-state index contributed by atoms with van der Waals surface area (Å²) in [5.41, 5.74) is 4.20. The van der Waals surface area contributed by atoms with Crippen LogP contribution >= 0.6 is 0 Å². The van der Waals surface area contributed by atoms with E-state index in [-0.39, 0.29) is 0 Å². The highest BCUT2D eigenvalue weighted by molar-refractivity contribution is 5.70. The highest BCUT2D eigenvalue weighted by Gasteiger charge is 2.21. The van der Waals surface area contributed by atoms with Crippen molar-refractivity contribution in [3.8, 4) is 0 Å². The van der Waals surface area contributed by atoms with Crippen LogP contribution in [0.5, 0.6) is 0 Å². The van der Waals surface area contributed by atoms with Crippen molar-refractivity contribution in [2.45, 2.75) is 46.6 Å². The molecule has 0 saturated carbocycles. The maximum atomic E-state index is 3.68. The van der Waals surface area contributed by atoms with Gasteiger partial charge < -0.3 is 10.6 Å². The second kappa shape index (κ2) is 4.59. The predicted molar refractivity (Wildman–Crippen MR) is 75.8 cm³/mol. The average Bonchev–Trinajstić information content (AvgIpc) is 2.36. The lowest BCUT2D eigenvalue weighted by molar-refractivity contribution is 0.345. The third-order valence-corrected chi connectivity index (χ3v) is 3.20. The first kappa shape index (κ1) is 12.3. The zero-order valence-corrected chi connectivity index (χ0v) is 11.4. The van der Waals surface area contributed by atoms with Gasteiger partial charge in [0, 0.05) is 12.6 Å². The van der Waals surface area contributed by atoms with Gasteiger partial charge in [0.05, 0.1) is 11.4 Å². The minimum absolute atomic E-state index is 0.382. The maximum absolute atomic E-state index is 3.68. The highest BCUT2D eigenvalue weighted by atomic mass is 15.0. The topological polar surface area (TPSA) is 24.1 Å². The largest absolute Gasteiger partial charge is 0.383 e. The van der Waals surface area contributed by atoms with Gasteiger partial charge in [-0.15, -0.1) is 0 Å². The summed E-state index contributed by atoms with van der Waals surface area (Å²) in [4.78, 5) is 0. The van der Waals surface area contributed by atoms with Crippen LogP contribution in [0.25, 0.3) is 0 Å². The van der Waals surface area contributed by atoms with Crippen LogP contribution in [0.3, 0.4) is 0 Å². The Labute approximate surface area is 105 Å². The number of aryl methyl sites for hydroxylation is 1. The Bertz CT molecular complexity index is 390. The number of anilines is 2. The van der Waals surface area contributed by atoms with Crippen molar-refractivity contribution in [3.63, 3.8) is 0 Å². The van der Waals surface area contributed by atoms with Crippen LogP contribution in [-0.2, 0) is 0 Å². The summed E-state index contributed by atoms with van der Waals surface area (Å²) in [5, 5.41) is 7.20. The second-order valence-electron chi connectivity index (χ2n) is 6.37. The van der Waals surface area contributed by atoms with Gasteiger partial charge in [-0.1, -0.05) is 26.8 Å². The smallest absolute Gasteiger partial charge is 0.0578 e. The first-order valence-corrected chi connectivity index (χ1v) is 6.55. The molecule has 1 aliphatic rings. The van der Waals surface area contributed by atoms with E-state index in [1.165, 1.54) is 29.8 Å². The minimum Gasteiger partial charge on any atom is -0.383 e. The number of benzene rings is 1. The van der Waals surface area contributed by atoms with E-state index in [0.717, 1.165) is 6.54 Å². The lowest BCUT2D eigenvalue weighted by Gasteiger charge is -2.26. The molecule has 2 nitrogen and oxygen atoms in total. The zero-order valence-electron chi connectivity index (χ0n) is 11.4. The van der Waals surface area contributed by atoms with Crippen molar-refractivity contribution >= 4 is 11.4 Å². The third kappa shape index (κ3) is 3.39. The number of hydrogen-bond donors (Lipinski definition) is 2. The van der Waals surface area contributed by atoms with Crippen LogP contribution in [0.15, 0.2) is 18.2 Å². The quantitative estimate of drug-likeness (QED) is 0.764. The summed E-state index contributed by atoms with van der Waals surface area (Å²) in [6.45, 7) is 10.1. The molecule has 1 heterocycles. The molecule has 94 valence electrons. The molecule has 0 aliphatic carbocycles. The van der Waals surface area contributed by atoms with E-state index >= 15 is 0 Å². The Kier molecular flexibility index (Phi) is 3.32. The van der Waals surface area contributed by atoms with E-state index in [4.69, 9.17) is 0 Å². The number of fused-ring (bicyclic) bond motifs is 1. The third-order valence-electron chi connectivity index (χ3n) is 3.20. The van der Waals surface area contributed by atoms with Gasteiger partial charge in [0.25, 0.3) is 0 Å². The molecule has 0 bridgehead atoms. The Morgan fingerprint density at radius 2 is 2.00 bits per heavy atom. The Hall–Kier alpha value is -1.18. The van der Waals surface area contributed by atoms with Crippen LogP contribution in [0, 0.1) is 12.3 Å². The van der Waals surface area contributed by atoms with E-state index < -0.39 is 0 Å². The molecule has 1 aromatic rings. The molecule has 0 aromatic heterocycles. The molecule has 2 heteroatoms. The van der Waals surface area contributed by atoms with Crippen LogP contribution in [0.2, 0.25) is 0 Å². The minimum atomic E-state index is 0.382. The molecule has 1 aromatic carbocycles. The summed E-state index contributed by atoms with van der Waals surface area (Å²) in [5.74, 6) is 0. The van der Waals surface area contributed by atoms with Gasteiger partial charge in [0.2, 0.25) is 0 Å². The van der Waals surface area contributed by atoms with Crippen LogP contribution in [0.4, 0.5) is 11.4 Å². The predicted octanol–water partition coefficient (Wildman–Crippen LogP) is 4.03. The fraction of sp³-hybridized carbons (Fsp3) is 0.600. The lowest BCUT2D eigenvalue weighted by atomic mass is 9.87. The zero-order chi connectivity index (χ0) is 12.5. The number of hydrogen-bond acceptors (Lipinski definition) is 2. The second-order valence-corrected chi connectivity index (χ2v) is 6.37. The van der Waals surface area contributed by atoms with E-state index in [1.807, 2.05) is 0 Å². The Morgan fingerprint density at radius 3 is 2.71 bits per heavy atom. The fourth-order valence-electron chi connectivity index (χ4n) is 2.50. The summed E-state index contributed by atoms with van der Waals surface area (Å²) in [7, 11) is 0. The average molecular weight is 232 g/mol. The lowest BCUT2D eigenvalue weighted by Crippen LogP contribution is -2.25. The molecule has 1 aliphatic heterocycles. The molecular formula is C15H24N2. The summed E-state index contributed by atoms with van der Waals surface area (Å²) in [6, 6.07) is 7.17. The van der Waals surface area contributed by atoms with Gasteiger partial charge >= 0.3 is 0 Å². The van der Waals surface area contributed by atoms with Gasteiger partial charge in [-0.05, 0) is 42.9 Å². The van der Waals surface area contributed by atoms with Crippen LogP contribution < -0.4 is 10.6 Å². The molecule has 0 fully saturated rings. The van der Waals surface area contributed by atoms with Crippen LogP contribution in [-0.4, -0.2) is 12.6 Å². The van der Waals surface area contributed by atoms with Gasteiger partial charge in [0.1, 0.15) is 0 Å². The van der Waals surface area contributed by atoms with Crippen molar-refractivity contribution < 1.29 is 0 Å². The highest BCUT2D eigenvalue weighted by Crippen LogP contribution is 2.30. The van der Waals surface area contributed by atoms with E-state index in [2.05, 4.69) is 56.5 Å². The van der Waals surface area contributed by atoms with Crippen molar-refractivity contribution in [3.05, 3.63) is 23.8 Å². The molecule has 1 atom stereocenters. The van der Waals surface area contributed by atoms with E-state index in [9.17, 15) is 0 Å².